The SMILES string of the molecule is C=C(N=C(N=C(N)c1ccccc1)c1cccc2oc3c(c12)=CC(c1cc2ccc4cccc5ccc(c1)c2c45)CC=3)c1ccccc1. The van der Waals surface area contributed by atoms with E-state index in [1.807, 2.05) is 78.9 Å². The largest absolute Gasteiger partial charge is 0.456 e. The number of nitrogens with two attached hydrogens (primary N) is 1. The average molecular weight is 618 g/mol. The number of fused-ring (bicyclic) bond motifs is 3. The summed E-state index contributed by atoms with van der Waals surface area (Å²) in [6.07, 6.45) is 5.42. The van der Waals surface area contributed by atoms with Gasteiger partial charge in [0, 0.05) is 27.6 Å². The van der Waals surface area contributed by atoms with Crippen LogP contribution in [-0.2, 0) is 0 Å². The van der Waals surface area contributed by atoms with Crippen LogP contribution in [0.15, 0.2) is 154 Å². The lowest BCUT2D eigenvalue weighted by atomic mass is 9.86. The Morgan fingerprint density at radius 2 is 1.27 bits per heavy atom. The predicted molar refractivity (Wildman–Crippen MR) is 201 cm³/mol. The summed E-state index contributed by atoms with van der Waals surface area (Å²) in [4.78, 5) is 9.94. The first-order valence-corrected chi connectivity index (χ1v) is 16.2. The van der Waals surface area contributed by atoms with Crippen molar-refractivity contribution in [2.45, 2.75) is 12.3 Å². The molecule has 0 aliphatic heterocycles. The normalized spacial score (nSPS) is 15.1. The highest BCUT2D eigenvalue weighted by Crippen LogP contribution is 2.37. The van der Waals surface area contributed by atoms with Crippen molar-refractivity contribution in [1.29, 1.82) is 0 Å². The second-order valence-electron chi connectivity index (χ2n) is 12.4. The summed E-state index contributed by atoms with van der Waals surface area (Å²) in [6, 6.07) is 46.0. The molecular weight excluding hydrogens is 587 g/mol. The van der Waals surface area contributed by atoms with E-state index in [9.17, 15) is 0 Å². The fourth-order valence-electron chi connectivity index (χ4n) is 7.18. The maximum atomic E-state index is 6.61. The Morgan fingerprint density at radius 1 is 0.646 bits per heavy atom. The van der Waals surface area contributed by atoms with Crippen LogP contribution in [0.1, 0.15) is 34.6 Å². The Bertz CT molecular complexity index is 2650. The molecule has 1 aliphatic carbocycles. The van der Waals surface area contributed by atoms with Crippen molar-refractivity contribution in [2.75, 3.05) is 0 Å². The van der Waals surface area contributed by atoms with Gasteiger partial charge in [-0.15, -0.1) is 0 Å². The molecule has 0 bridgehead atoms. The van der Waals surface area contributed by atoms with Gasteiger partial charge in [-0.3, -0.25) is 0 Å². The molecule has 0 fully saturated rings. The van der Waals surface area contributed by atoms with Crippen molar-refractivity contribution in [3.05, 3.63) is 173 Å². The van der Waals surface area contributed by atoms with E-state index in [4.69, 9.17) is 20.1 Å². The maximum absolute atomic E-state index is 6.61. The van der Waals surface area contributed by atoms with Gasteiger partial charge in [-0.25, -0.2) is 9.98 Å². The molecule has 7 aromatic carbocycles. The van der Waals surface area contributed by atoms with Gasteiger partial charge >= 0.3 is 0 Å². The monoisotopic (exact) mass is 617 g/mol. The molecule has 2 N–H and O–H groups in total. The summed E-state index contributed by atoms with van der Waals surface area (Å²) in [5.74, 6) is 1.04. The van der Waals surface area contributed by atoms with Crippen LogP contribution in [0.4, 0.5) is 0 Å². The number of hydrogen-bond donors (Lipinski definition) is 1. The highest BCUT2D eigenvalue weighted by Gasteiger charge is 2.20. The van der Waals surface area contributed by atoms with Crippen LogP contribution < -0.4 is 16.4 Å². The minimum atomic E-state index is 0.172. The molecule has 4 nitrogen and oxygen atoms in total. The lowest BCUT2D eigenvalue weighted by Crippen LogP contribution is -2.26. The van der Waals surface area contributed by atoms with Gasteiger partial charge in [0.2, 0.25) is 0 Å². The highest BCUT2D eigenvalue weighted by molar-refractivity contribution is 6.23. The zero-order valence-electron chi connectivity index (χ0n) is 26.2. The number of nitrogens with zero attached hydrogens (tertiary/aromatic N) is 2. The Labute approximate surface area is 277 Å². The van der Waals surface area contributed by atoms with E-state index in [1.54, 1.807) is 0 Å². The molecule has 4 heteroatoms. The van der Waals surface area contributed by atoms with E-state index >= 15 is 0 Å². The number of aliphatic imine (C=N–C) groups is 2. The summed E-state index contributed by atoms with van der Waals surface area (Å²) in [7, 11) is 0. The van der Waals surface area contributed by atoms with E-state index in [1.165, 1.54) is 37.9 Å². The molecule has 8 aromatic rings. The van der Waals surface area contributed by atoms with Crippen LogP contribution in [-0.4, -0.2) is 11.7 Å². The van der Waals surface area contributed by atoms with Crippen LogP contribution in [0, 0.1) is 0 Å². The van der Waals surface area contributed by atoms with Crippen LogP contribution in [0.5, 0.6) is 0 Å². The standard InChI is InChI=1S/C44H31N3O/c1-27(28-10-4-2-5-11-28)46-44(47-43(45)31-12-6-3-7-13-31)36-16-9-17-39-42(36)37-26-32(22-23-38(37)48-39)35-24-33-20-18-29-14-8-15-30-19-21-34(25-35)41(33)40(29)30/h2-21,23-26,32H,1,22H2,(H2,45,46,47). The summed E-state index contributed by atoms with van der Waals surface area (Å²) in [5.41, 5.74) is 12.7. The molecule has 228 valence electrons. The van der Waals surface area contributed by atoms with Gasteiger partial charge in [0.15, 0.2) is 5.84 Å². The van der Waals surface area contributed by atoms with Crippen LogP contribution in [0.2, 0.25) is 0 Å². The van der Waals surface area contributed by atoms with Crippen molar-refractivity contribution < 1.29 is 4.42 Å². The molecule has 1 unspecified atom stereocenters. The molecule has 0 saturated heterocycles. The van der Waals surface area contributed by atoms with Crippen LogP contribution >= 0.6 is 0 Å². The second-order valence-corrected chi connectivity index (χ2v) is 12.4. The maximum Gasteiger partial charge on any atom is 0.162 e. The third-order valence-electron chi connectivity index (χ3n) is 9.50. The minimum Gasteiger partial charge on any atom is -0.456 e. The lowest BCUT2D eigenvalue weighted by Gasteiger charge is -2.17. The number of rotatable bonds is 5. The van der Waals surface area contributed by atoms with E-state index in [0.29, 0.717) is 17.4 Å². The van der Waals surface area contributed by atoms with Gasteiger partial charge in [-0.1, -0.05) is 140 Å². The molecule has 48 heavy (non-hydrogen) atoms. The molecule has 0 saturated carbocycles. The summed E-state index contributed by atoms with van der Waals surface area (Å²) in [5, 5.41) is 9.78. The molecule has 1 aromatic heterocycles. The van der Waals surface area contributed by atoms with Gasteiger partial charge in [0.25, 0.3) is 0 Å². The summed E-state index contributed by atoms with van der Waals surface area (Å²) in [6.45, 7) is 4.30. The van der Waals surface area contributed by atoms with Gasteiger partial charge in [-0.05, 0) is 62.0 Å². The van der Waals surface area contributed by atoms with Crippen molar-refractivity contribution in [1.82, 2.24) is 0 Å². The fraction of sp³-hybridized carbons (Fsp3) is 0.0455. The molecule has 1 atom stereocenters. The van der Waals surface area contributed by atoms with Crippen molar-refractivity contribution >= 4 is 72.8 Å². The first kappa shape index (κ1) is 28.0. The zero-order valence-corrected chi connectivity index (χ0v) is 26.2. The third kappa shape index (κ3) is 4.69. The van der Waals surface area contributed by atoms with Crippen molar-refractivity contribution in [3.63, 3.8) is 0 Å². The van der Waals surface area contributed by atoms with Gasteiger partial charge in [-0.2, -0.15) is 0 Å². The zero-order chi connectivity index (χ0) is 32.2. The topological polar surface area (TPSA) is 63.9 Å². The smallest absolute Gasteiger partial charge is 0.162 e. The molecule has 9 rings (SSSR count). The molecule has 0 amide bonds. The number of benzene rings is 7. The first-order chi connectivity index (χ1) is 23.6. The summed E-state index contributed by atoms with van der Waals surface area (Å²) >= 11 is 0. The number of amidine groups is 2. The quantitative estimate of drug-likeness (QED) is 0.119. The highest BCUT2D eigenvalue weighted by atomic mass is 16.3. The molecule has 0 radical (unpaired) electrons. The average Bonchev–Trinajstić information content (AvgIpc) is 3.52. The Hall–Kier alpha value is -6.26. The van der Waals surface area contributed by atoms with E-state index in [2.05, 4.69) is 73.3 Å². The van der Waals surface area contributed by atoms with Crippen LogP contribution in [0.3, 0.4) is 0 Å². The molecule has 1 aliphatic rings. The Kier molecular flexibility index (Phi) is 6.54. The predicted octanol–water partition coefficient (Wildman–Crippen LogP) is 8.90. The molecule has 0 spiro atoms. The molecule has 1 heterocycles. The number of furan rings is 1. The van der Waals surface area contributed by atoms with Gasteiger partial charge in [0.1, 0.15) is 16.8 Å². The van der Waals surface area contributed by atoms with Crippen molar-refractivity contribution in [2.24, 2.45) is 15.7 Å². The summed E-state index contributed by atoms with van der Waals surface area (Å²) < 4.78 is 6.46. The van der Waals surface area contributed by atoms with E-state index < -0.39 is 0 Å². The fourth-order valence-corrected chi connectivity index (χ4v) is 7.18. The lowest BCUT2D eigenvalue weighted by molar-refractivity contribution is 0.570. The Balaban J connectivity index is 1.22. The number of hydrogen-bond acceptors (Lipinski definition) is 2. The third-order valence-corrected chi connectivity index (χ3v) is 9.50. The molecular formula is C44H31N3O. The minimum absolute atomic E-state index is 0.172. The Morgan fingerprint density at radius 3 is 1.98 bits per heavy atom. The van der Waals surface area contributed by atoms with E-state index in [-0.39, 0.29) is 5.92 Å². The second kappa shape index (κ2) is 11.2. The van der Waals surface area contributed by atoms with Crippen molar-refractivity contribution in [3.8, 4) is 0 Å². The van der Waals surface area contributed by atoms with E-state index in [0.717, 1.165) is 44.7 Å². The van der Waals surface area contributed by atoms with Gasteiger partial charge < -0.3 is 10.2 Å². The van der Waals surface area contributed by atoms with Crippen LogP contribution in [0.25, 0.3) is 61.1 Å². The van der Waals surface area contributed by atoms with Gasteiger partial charge in [0.05, 0.1) is 5.70 Å². The first-order valence-electron chi connectivity index (χ1n) is 16.2.